The molecule has 6 heteroatoms. The first-order valence-corrected chi connectivity index (χ1v) is 7.94. The summed E-state index contributed by atoms with van der Waals surface area (Å²) in [6.07, 6.45) is 0. The number of nitrogens with one attached hydrogen (secondary N) is 1. The Hall–Kier alpha value is -3.15. The SMILES string of the molecule is C[C@H](NC(=O)c1ccc2noc(-c3ccccc3)c2c1)C(=O)N(C)C. The highest BCUT2D eigenvalue weighted by Crippen LogP contribution is 2.29. The Bertz CT molecular complexity index is 916. The molecule has 25 heavy (non-hydrogen) atoms. The predicted octanol–water partition coefficient (Wildman–Crippen LogP) is 2.70. The molecule has 0 spiro atoms. The molecule has 0 unspecified atom stereocenters. The van der Waals surface area contributed by atoms with E-state index >= 15 is 0 Å². The van der Waals surface area contributed by atoms with E-state index in [1.807, 2.05) is 30.3 Å². The molecule has 3 aromatic rings. The maximum absolute atomic E-state index is 12.5. The van der Waals surface area contributed by atoms with Crippen LogP contribution >= 0.6 is 0 Å². The van der Waals surface area contributed by atoms with E-state index in [0.717, 1.165) is 10.9 Å². The van der Waals surface area contributed by atoms with Crippen molar-refractivity contribution in [1.29, 1.82) is 0 Å². The Labute approximate surface area is 145 Å². The van der Waals surface area contributed by atoms with E-state index in [-0.39, 0.29) is 11.8 Å². The summed E-state index contributed by atoms with van der Waals surface area (Å²) in [7, 11) is 3.31. The molecule has 3 rings (SSSR count). The fourth-order valence-electron chi connectivity index (χ4n) is 2.61. The van der Waals surface area contributed by atoms with Gasteiger partial charge in [-0.15, -0.1) is 0 Å². The second-order valence-corrected chi connectivity index (χ2v) is 6.04. The zero-order chi connectivity index (χ0) is 18.0. The first kappa shape index (κ1) is 16.7. The number of likely N-dealkylation sites (N-methyl/N-ethyl adjacent to an activating group) is 1. The van der Waals surface area contributed by atoms with E-state index in [1.165, 1.54) is 4.90 Å². The van der Waals surface area contributed by atoms with Crippen molar-refractivity contribution in [2.75, 3.05) is 14.1 Å². The van der Waals surface area contributed by atoms with Crippen molar-refractivity contribution < 1.29 is 14.1 Å². The summed E-state index contributed by atoms with van der Waals surface area (Å²) >= 11 is 0. The van der Waals surface area contributed by atoms with Crippen LogP contribution in [-0.2, 0) is 4.79 Å². The monoisotopic (exact) mass is 337 g/mol. The van der Waals surface area contributed by atoms with Crippen LogP contribution in [-0.4, -0.2) is 42.0 Å². The molecule has 1 aromatic heterocycles. The number of benzene rings is 2. The second-order valence-electron chi connectivity index (χ2n) is 6.04. The zero-order valence-electron chi connectivity index (χ0n) is 14.3. The van der Waals surface area contributed by atoms with Gasteiger partial charge >= 0.3 is 0 Å². The average Bonchev–Trinajstić information content (AvgIpc) is 3.04. The Morgan fingerprint density at radius 3 is 2.52 bits per heavy atom. The van der Waals surface area contributed by atoms with Crippen molar-refractivity contribution in [2.24, 2.45) is 0 Å². The van der Waals surface area contributed by atoms with Crippen LogP contribution in [0, 0.1) is 0 Å². The lowest BCUT2D eigenvalue weighted by molar-refractivity contribution is -0.130. The van der Waals surface area contributed by atoms with Crippen LogP contribution in [0.25, 0.3) is 22.2 Å². The summed E-state index contributed by atoms with van der Waals surface area (Å²) in [6.45, 7) is 1.66. The lowest BCUT2D eigenvalue weighted by Crippen LogP contribution is -2.44. The van der Waals surface area contributed by atoms with E-state index in [0.29, 0.717) is 16.8 Å². The lowest BCUT2D eigenvalue weighted by Gasteiger charge is -2.18. The average molecular weight is 337 g/mol. The van der Waals surface area contributed by atoms with Crippen molar-refractivity contribution >= 4 is 22.7 Å². The summed E-state index contributed by atoms with van der Waals surface area (Å²) in [5.41, 5.74) is 2.01. The molecule has 2 amide bonds. The smallest absolute Gasteiger partial charge is 0.251 e. The maximum atomic E-state index is 12.5. The molecule has 0 fully saturated rings. The fraction of sp³-hybridized carbons (Fsp3) is 0.211. The molecule has 1 atom stereocenters. The molecule has 128 valence electrons. The number of aromatic nitrogens is 1. The Kier molecular flexibility index (Phi) is 4.52. The van der Waals surface area contributed by atoms with Crippen LogP contribution in [0.1, 0.15) is 17.3 Å². The van der Waals surface area contributed by atoms with Gasteiger partial charge in [0.15, 0.2) is 5.76 Å². The summed E-state index contributed by atoms with van der Waals surface area (Å²) in [5.74, 6) is 0.136. The summed E-state index contributed by atoms with van der Waals surface area (Å²) in [4.78, 5) is 25.8. The minimum Gasteiger partial charge on any atom is -0.355 e. The number of carbonyl (C=O) groups excluding carboxylic acids is 2. The normalized spacial score (nSPS) is 12.0. The van der Waals surface area contributed by atoms with Crippen molar-refractivity contribution in [3.8, 4) is 11.3 Å². The molecule has 6 nitrogen and oxygen atoms in total. The van der Waals surface area contributed by atoms with Crippen molar-refractivity contribution in [1.82, 2.24) is 15.4 Å². The fourth-order valence-corrected chi connectivity index (χ4v) is 2.61. The molecule has 0 bridgehead atoms. The van der Waals surface area contributed by atoms with Crippen LogP contribution in [0.15, 0.2) is 53.1 Å². The van der Waals surface area contributed by atoms with Crippen LogP contribution in [0.2, 0.25) is 0 Å². The quantitative estimate of drug-likeness (QED) is 0.794. The molecular weight excluding hydrogens is 318 g/mol. The van der Waals surface area contributed by atoms with Gasteiger partial charge in [-0.1, -0.05) is 35.5 Å². The Morgan fingerprint density at radius 2 is 1.84 bits per heavy atom. The van der Waals surface area contributed by atoms with Gasteiger partial charge in [0.1, 0.15) is 11.6 Å². The third-order valence-corrected chi connectivity index (χ3v) is 3.93. The number of hydrogen-bond acceptors (Lipinski definition) is 4. The summed E-state index contributed by atoms with van der Waals surface area (Å²) < 4.78 is 5.44. The second kappa shape index (κ2) is 6.76. The molecule has 0 aliphatic heterocycles. The number of amides is 2. The van der Waals surface area contributed by atoms with Gasteiger partial charge in [0.25, 0.3) is 5.91 Å². The minimum atomic E-state index is -0.603. The van der Waals surface area contributed by atoms with Gasteiger partial charge in [-0.25, -0.2) is 0 Å². The highest BCUT2D eigenvalue weighted by atomic mass is 16.5. The van der Waals surface area contributed by atoms with Gasteiger partial charge in [0, 0.05) is 25.2 Å². The van der Waals surface area contributed by atoms with E-state index in [9.17, 15) is 9.59 Å². The highest BCUT2D eigenvalue weighted by molar-refractivity contribution is 6.02. The number of hydrogen-bond donors (Lipinski definition) is 1. The molecule has 0 saturated heterocycles. The van der Waals surface area contributed by atoms with E-state index in [1.54, 1.807) is 39.2 Å². The topological polar surface area (TPSA) is 75.4 Å². The molecule has 2 aromatic carbocycles. The van der Waals surface area contributed by atoms with Crippen molar-refractivity contribution in [2.45, 2.75) is 13.0 Å². The minimum absolute atomic E-state index is 0.163. The van der Waals surface area contributed by atoms with Crippen LogP contribution < -0.4 is 5.32 Å². The van der Waals surface area contributed by atoms with E-state index in [2.05, 4.69) is 10.5 Å². The first-order chi connectivity index (χ1) is 12.0. The summed E-state index contributed by atoms with van der Waals surface area (Å²) in [6, 6.07) is 14.1. The first-order valence-electron chi connectivity index (χ1n) is 7.94. The predicted molar refractivity (Wildman–Crippen MR) is 95.1 cm³/mol. The van der Waals surface area contributed by atoms with Crippen molar-refractivity contribution in [3.63, 3.8) is 0 Å². The number of carbonyl (C=O) groups is 2. The Morgan fingerprint density at radius 1 is 1.12 bits per heavy atom. The third-order valence-electron chi connectivity index (χ3n) is 3.93. The standard InChI is InChI=1S/C19H19N3O3/c1-12(19(24)22(2)3)20-18(23)14-9-10-16-15(11-14)17(25-21-16)13-7-5-4-6-8-13/h4-12H,1-3H3,(H,20,23)/t12-/m0/s1. The van der Waals surface area contributed by atoms with Gasteiger partial charge in [0.2, 0.25) is 5.91 Å². The molecular formula is C19H19N3O3. The van der Waals surface area contributed by atoms with E-state index < -0.39 is 6.04 Å². The van der Waals surface area contributed by atoms with Gasteiger partial charge in [0.05, 0.1) is 5.39 Å². The third kappa shape index (κ3) is 3.38. The van der Waals surface area contributed by atoms with Gasteiger partial charge in [-0.3, -0.25) is 9.59 Å². The molecule has 0 radical (unpaired) electrons. The number of nitrogens with zero attached hydrogens (tertiary/aromatic N) is 2. The summed E-state index contributed by atoms with van der Waals surface area (Å²) in [5, 5.41) is 7.51. The molecule has 1 N–H and O–H groups in total. The van der Waals surface area contributed by atoms with Crippen molar-refractivity contribution in [3.05, 3.63) is 54.1 Å². The van der Waals surface area contributed by atoms with Crippen LogP contribution in [0.5, 0.6) is 0 Å². The maximum Gasteiger partial charge on any atom is 0.251 e. The molecule has 0 aliphatic carbocycles. The highest BCUT2D eigenvalue weighted by Gasteiger charge is 2.19. The number of fused-ring (bicyclic) bond motifs is 1. The van der Waals surface area contributed by atoms with Gasteiger partial charge in [-0.2, -0.15) is 0 Å². The molecule has 0 saturated carbocycles. The van der Waals surface area contributed by atoms with Crippen LogP contribution in [0.3, 0.4) is 0 Å². The van der Waals surface area contributed by atoms with Gasteiger partial charge < -0.3 is 14.7 Å². The molecule has 1 heterocycles. The molecule has 0 aliphatic rings. The Balaban J connectivity index is 1.90. The zero-order valence-corrected chi connectivity index (χ0v) is 14.3. The number of rotatable bonds is 4. The van der Waals surface area contributed by atoms with E-state index in [4.69, 9.17) is 4.52 Å². The van der Waals surface area contributed by atoms with Gasteiger partial charge in [-0.05, 0) is 25.1 Å². The lowest BCUT2D eigenvalue weighted by atomic mass is 10.1. The largest absolute Gasteiger partial charge is 0.355 e. The van der Waals surface area contributed by atoms with Crippen LogP contribution in [0.4, 0.5) is 0 Å².